The number of aryl methyl sites for hydroxylation is 1. The number of rotatable bonds is 3. The fraction of sp³-hybridized carbons (Fsp3) is 0.188. The molecule has 0 unspecified atom stereocenters. The summed E-state index contributed by atoms with van der Waals surface area (Å²) in [6, 6.07) is 7.31. The van der Waals surface area contributed by atoms with Crippen LogP contribution in [0.5, 0.6) is 5.75 Å². The molecule has 4 rings (SSSR count). The maximum absolute atomic E-state index is 12.4. The van der Waals surface area contributed by atoms with Crippen LogP contribution in [0, 0.1) is 0 Å². The van der Waals surface area contributed by atoms with Crippen LogP contribution in [0.2, 0.25) is 0 Å². The van der Waals surface area contributed by atoms with E-state index in [0.717, 1.165) is 22.6 Å². The molecule has 0 N–H and O–H groups in total. The molecule has 4 aromatic rings. The number of thiazole rings is 1. The van der Waals surface area contributed by atoms with E-state index in [4.69, 9.17) is 9.15 Å². The maximum Gasteiger partial charge on any atom is 0.345 e. The summed E-state index contributed by atoms with van der Waals surface area (Å²) in [7, 11) is 1.55. The molecular weight excluding hydrogens is 314 g/mol. The van der Waals surface area contributed by atoms with Gasteiger partial charge in [-0.3, -0.25) is 0 Å². The quantitative estimate of drug-likeness (QED) is 0.541. The highest BCUT2D eigenvalue weighted by Crippen LogP contribution is 2.29. The molecule has 0 aliphatic carbocycles. The molecule has 0 saturated heterocycles. The maximum atomic E-state index is 12.4. The van der Waals surface area contributed by atoms with Crippen molar-refractivity contribution in [2.24, 2.45) is 0 Å². The molecule has 0 radical (unpaired) electrons. The third kappa shape index (κ3) is 2.12. The highest BCUT2D eigenvalue weighted by Gasteiger charge is 2.16. The van der Waals surface area contributed by atoms with Crippen molar-refractivity contribution in [1.29, 1.82) is 0 Å². The second kappa shape index (κ2) is 5.20. The monoisotopic (exact) mass is 327 g/mol. The average Bonchev–Trinajstić information content (AvgIpc) is 3.14. The summed E-state index contributed by atoms with van der Waals surface area (Å²) in [5.74, 6) is 1.29. The molecule has 1 aromatic carbocycles. The van der Waals surface area contributed by atoms with E-state index < -0.39 is 5.63 Å². The highest BCUT2D eigenvalue weighted by atomic mass is 32.1. The summed E-state index contributed by atoms with van der Waals surface area (Å²) in [4.78, 5) is 17.6. The lowest BCUT2D eigenvalue weighted by molar-refractivity contribution is 0.407. The lowest BCUT2D eigenvalue weighted by Crippen LogP contribution is -2.05. The van der Waals surface area contributed by atoms with Crippen LogP contribution in [0.25, 0.3) is 27.2 Å². The number of fused-ring (bicyclic) bond motifs is 2. The van der Waals surface area contributed by atoms with E-state index in [1.807, 2.05) is 24.4 Å². The van der Waals surface area contributed by atoms with Gasteiger partial charge in [0.05, 0.1) is 18.4 Å². The first-order chi connectivity index (χ1) is 11.2. The average molecular weight is 327 g/mol. The number of methoxy groups -OCH3 is 1. The molecule has 116 valence electrons. The molecule has 0 amide bonds. The third-order valence-corrected chi connectivity index (χ3v) is 4.48. The fourth-order valence-electron chi connectivity index (χ4n) is 2.51. The number of nitrogens with zero attached hydrogens (tertiary/aromatic N) is 3. The number of para-hydroxylation sites is 1. The summed E-state index contributed by atoms with van der Waals surface area (Å²) in [5, 5.41) is 7.10. The Labute approximate surface area is 135 Å². The van der Waals surface area contributed by atoms with Crippen molar-refractivity contribution in [2.45, 2.75) is 13.3 Å². The predicted molar refractivity (Wildman–Crippen MR) is 88.3 cm³/mol. The largest absolute Gasteiger partial charge is 0.493 e. The van der Waals surface area contributed by atoms with Crippen molar-refractivity contribution < 1.29 is 9.15 Å². The molecule has 3 heterocycles. The molecule has 0 bridgehead atoms. The normalized spacial score (nSPS) is 11.4. The van der Waals surface area contributed by atoms with E-state index >= 15 is 0 Å². The van der Waals surface area contributed by atoms with Gasteiger partial charge >= 0.3 is 5.63 Å². The van der Waals surface area contributed by atoms with E-state index in [1.165, 1.54) is 11.3 Å². The Morgan fingerprint density at radius 1 is 1.39 bits per heavy atom. The van der Waals surface area contributed by atoms with Crippen LogP contribution in [-0.2, 0) is 6.42 Å². The van der Waals surface area contributed by atoms with Gasteiger partial charge in [0, 0.05) is 17.2 Å². The molecule has 0 aliphatic rings. The van der Waals surface area contributed by atoms with Crippen molar-refractivity contribution in [1.82, 2.24) is 14.6 Å². The number of benzene rings is 1. The Hall–Kier alpha value is -2.67. The van der Waals surface area contributed by atoms with Gasteiger partial charge in [0.2, 0.25) is 4.96 Å². The fourth-order valence-corrected chi connectivity index (χ4v) is 3.36. The van der Waals surface area contributed by atoms with Crippen LogP contribution in [0.4, 0.5) is 0 Å². The molecule has 0 saturated carbocycles. The Kier molecular flexibility index (Phi) is 3.16. The molecular formula is C16H13N3O3S. The van der Waals surface area contributed by atoms with Crippen molar-refractivity contribution in [3.05, 3.63) is 45.9 Å². The summed E-state index contributed by atoms with van der Waals surface area (Å²) in [6.07, 6.45) is 0.747. The van der Waals surface area contributed by atoms with Gasteiger partial charge in [-0.1, -0.05) is 19.1 Å². The minimum atomic E-state index is -0.421. The van der Waals surface area contributed by atoms with Crippen LogP contribution in [-0.4, -0.2) is 21.7 Å². The zero-order valence-corrected chi connectivity index (χ0v) is 13.4. The Bertz CT molecular complexity index is 1080. The third-order valence-electron chi connectivity index (χ3n) is 3.66. The second-order valence-corrected chi connectivity index (χ2v) is 5.86. The summed E-state index contributed by atoms with van der Waals surface area (Å²) in [6.45, 7) is 2.00. The summed E-state index contributed by atoms with van der Waals surface area (Å²) < 4.78 is 12.4. The number of hydrogen-bond acceptors (Lipinski definition) is 6. The zero-order valence-electron chi connectivity index (χ0n) is 12.6. The molecule has 0 fully saturated rings. The number of aromatic nitrogens is 3. The highest BCUT2D eigenvalue weighted by molar-refractivity contribution is 7.15. The van der Waals surface area contributed by atoms with Gasteiger partial charge in [-0.25, -0.2) is 14.3 Å². The standard InChI is InChI=1S/C16H13N3O3S/c1-3-13-17-16-19(18-13)11(8-23-16)10-7-9-5-4-6-12(21-2)14(9)22-15(10)20/h4-8H,3H2,1-2H3. The van der Waals surface area contributed by atoms with Crippen LogP contribution in [0.3, 0.4) is 0 Å². The molecule has 23 heavy (non-hydrogen) atoms. The van der Waals surface area contributed by atoms with Gasteiger partial charge in [0.1, 0.15) is 0 Å². The number of hydrogen-bond donors (Lipinski definition) is 0. The lowest BCUT2D eigenvalue weighted by atomic mass is 10.1. The van der Waals surface area contributed by atoms with Crippen LogP contribution in [0.15, 0.2) is 38.9 Å². The number of ether oxygens (including phenoxy) is 1. The molecule has 7 heteroatoms. The first kappa shape index (κ1) is 14.0. The van der Waals surface area contributed by atoms with Crippen molar-refractivity contribution in [3.8, 4) is 17.0 Å². The second-order valence-electron chi connectivity index (χ2n) is 5.02. The van der Waals surface area contributed by atoms with Crippen LogP contribution < -0.4 is 10.4 Å². The van der Waals surface area contributed by atoms with E-state index in [1.54, 1.807) is 23.8 Å². The Morgan fingerprint density at radius 3 is 3.04 bits per heavy atom. The molecule has 3 aromatic heterocycles. The Balaban J connectivity index is 1.99. The molecule has 0 aliphatic heterocycles. The lowest BCUT2D eigenvalue weighted by Gasteiger charge is -2.05. The van der Waals surface area contributed by atoms with Crippen molar-refractivity contribution in [3.63, 3.8) is 0 Å². The summed E-state index contributed by atoms with van der Waals surface area (Å²) >= 11 is 1.45. The minimum Gasteiger partial charge on any atom is -0.493 e. The van der Waals surface area contributed by atoms with Crippen molar-refractivity contribution in [2.75, 3.05) is 7.11 Å². The summed E-state index contributed by atoms with van der Waals surface area (Å²) in [5.41, 5.74) is 1.18. The molecule has 6 nitrogen and oxygen atoms in total. The SMILES string of the molecule is CCc1nc2scc(-c3cc4cccc(OC)c4oc3=O)n2n1. The topological polar surface area (TPSA) is 69.6 Å². The predicted octanol–water partition coefficient (Wildman–Crippen LogP) is 3.14. The first-order valence-corrected chi connectivity index (χ1v) is 8.03. The smallest absolute Gasteiger partial charge is 0.345 e. The van der Waals surface area contributed by atoms with Crippen molar-refractivity contribution >= 4 is 27.3 Å². The van der Waals surface area contributed by atoms with Crippen LogP contribution >= 0.6 is 11.3 Å². The zero-order chi connectivity index (χ0) is 16.0. The van der Waals surface area contributed by atoms with Gasteiger partial charge in [-0.2, -0.15) is 5.10 Å². The first-order valence-electron chi connectivity index (χ1n) is 7.15. The molecule has 0 spiro atoms. The van der Waals surface area contributed by atoms with E-state index in [0.29, 0.717) is 22.6 Å². The van der Waals surface area contributed by atoms with Gasteiger partial charge in [-0.05, 0) is 12.1 Å². The van der Waals surface area contributed by atoms with E-state index in [9.17, 15) is 4.79 Å². The molecule has 0 atom stereocenters. The van der Waals surface area contributed by atoms with Gasteiger partial charge in [0.15, 0.2) is 17.2 Å². The Morgan fingerprint density at radius 2 is 2.26 bits per heavy atom. The van der Waals surface area contributed by atoms with Gasteiger partial charge in [-0.15, -0.1) is 11.3 Å². The van der Waals surface area contributed by atoms with E-state index in [-0.39, 0.29) is 0 Å². The minimum absolute atomic E-state index is 0.421. The van der Waals surface area contributed by atoms with Gasteiger partial charge in [0.25, 0.3) is 0 Å². The van der Waals surface area contributed by atoms with Gasteiger partial charge < -0.3 is 9.15 Å². The van der Waals surface area contributed by atoms with E-state index in [2.05, 4.69) is 10.1 Å². The van der Waals surface area contributed by atoms with Crippen LogP contribution in [0.1, 0.15) is 12.7 Å².